The van der Waals surface area contributed by atoms with Crippen LogP contribution in [0.25, 0.3) is 0 Å². The summed E-state index contributed by atoms with van der Waals surface area (Å²) in [5, 5.41) is 5.33. The SMILES string of the molecule is CC1CCC(NC(=O)C(=O)NCc2ccco2)CC1. The van der Waals surface area contributed by atoms with Crippen LogP contribution in [0.15, 0.2) is 22.8 Å². The fraction of sp³-hybridized carbons (Fsp3) is 0.571. The van der Waals surface area contributed by atoms with Crippen molar-refractivity contribution in [2.24, 2.45) is 5.92 Å². The fourth-order valence-electron chi connectivity index (χ4n) is 2.32. The van der Waals surface area contributed by atoms with Crippen molar-refractivity contribution in [3.05, 3.63) is 24.2 Å². The molecule has 1 heterocycles. The minimum Gasteiger partial charge on any atom is -0.467 e. The number of amides is 2. The molecular weight excluding hydrogens is 244 g/mol. The normalized spacial score (nSPS) is 22.8. The van der Waals surface area contributed by atoms with E-state index in [0.29, 0.717) is 5.76 Å². The summed E-state index contributed by atoms with van der Waals surface area (Å²) >= 11 is 0. The monoisotopic (exact) mass is 264 g/mol. The molecule has 0 spiro atoms. The zero-order chi connectivity index (χ0) is 13.7. The maximum absolute atomic E-state index is 11.7. The van der Waals surface area contributed by atoms with Gasteiger partial charge in [-0.1, -0.05) is 6.92 Å². The molecule has 2 rings (SSSR count). The Labute approximate surface area is 112 Å². The van der Waals surface area contributed by atoms with E-state index in [-0.39, 0.29) is 12.6 Å². The van der Waals surface area contributed by atoms with Crippen molar-refractivity contribution < 1.29 is 14.0 Å². The largest absolute Gasteiger partial charge is 0.467 e. The molecule has 0 bridgehead atoms. The quantitative estimate of drug-likeness (QED) is 0.814. The van der Waals surface area contributed by atoms with Crippen LogP contribution >= 0.6 is 0 Å². The first-order chi connectivity index (χ1) is 9.15. The van der Waals surface area contributed by atoms with Crippen LogP contribution in [0.1, 0.15) is 38.4 Å². The molecule has 5 nitrogen and oxygen atoms in total. The highest BCUT2D eigenvalue weighted by molar-refractivity contribution is 6.35. The summed E-state index contributed by atoms with van der Waals surface area (Å²) in [6, 6.07) is 3.63. The average molecular weight is 264 g/mol. The van der Waals surface area contributed by atoms with Crippen molar-refractivity contribution in [3.63, 3.8) is 0 Å². The van der Waals surface area contributed by atoms with E-state index in [1.54, 1.807) is 12.1 Å². The minimum absolute atomic E-state index is 0.137. The Bertz CT molecular complexity index is 420. The van der Waals surface area contributed by atoms with Gasteiger partial charge in [-0.15, -0.1) is 0 Å². The minimum atomic E-state index is -0.602. The first-order valence-corrected chi connectivity index (χ1v) is 6.76. The molecule has 19 heavy (non-hydrogen) atoms. The molecule has 1 aromatic heterocycles. The molecule has 0 aliphatic heterocycles. The maximum Gasteiger partial charge on any atom is 0.309 e. The second kappa shape index (κ2) is 6.41. The summed E-state index contributed by atoms with van der Waals surface area (Å²) in [4.78, 5) is 23.3. The molecule has 2 amide bonds. The summed E-state index contributed by atoms with van der Waals surface area (Å²) in [5.41, 5.74) is 0. The van der Waals surface area contributed by atoms with E-state index in [9.17, 15) is 9.59 Å². The lowest BCUT2D eigenvalue weighted by molar-refractivity contribution is -0.139. The molecule has 0 saturated heterocycles. The Balaban J connectivity index is 1.71. The van der Waals surface area contributed by atoms with Gasteiger partial charge in [-0.05, 0) is 43.7 Å². The predicted octanol–water partition coefficient (Wildman–Crippen LogP) is 1.59. The highest BCUT2D eigenvalue weighted by Gasteiger charge is 2.22. The molecule has 1 aliphatic rings. The Kier molecular flexibility index (Phi) is 4.60. The molecule has 0 aromatic carbocycles. The van der Waals surface area contributed by atoms with E-state index >= 15 is 0 Å². The summed E-state index contributed by atoms with van der Waals surface area (Å²) in [5.74, 6) is 0.203. The Morgan fingerprint density at radius 2 is 2.00 bits per heavy atom. The van der Waals surface area contributed by atoms with E-state index < -0.39 is 11.8 Å². The van der Waals surface area contributed by atoms with E-state index in [1.807, 2.05) is 0 Å². The maximum atomic E-state index is 11.7. The molecule has 5 heteroatoms. The van der Waals surface area contributed by atoms with Crippen molar-refractivity contribution in [2.75, 3.05) is 0 Å². The predicted molar refractivity (Wildman–Crippen MR) is 70.1 cm³/mol. The number of carbonyl (C=O) groups is 2. The number of hydrogen-bond acceptors (Lipinski definition) is 3. The van der Waals surface area contributed by atoms with Crippen LogP contribution in [0.4, 0.5) is 0 Å². The zero-order valence-corrected chi connectivity index (χ0v) is 11.1. The van der Waals surface area contributed by atoms with Crippen molar-refractivity contribution in [2.45, 2.75) is 45.2 Å². The molecular formula is C14H20N2O3. The van der Waals surface area contributed by atoms with Gasteiger partial charge in [0, 0.05) is 6.04 Å². The molecule has 0 unspecified atom stereocenters. The van der Waals surface area contributed by atoms with Crippen molar-refractivity contribution in [1.82, 2.24) is 10.6 Å². The third-order valence-electron chi connectivity index (χ3n) is 3.56. The van der Waals surface area contributed by atoms with Crippen molar-refractivity contribution in [3.8, 4) is 0 Å². The van der Waals surface area contributed by atoms with Crippen LogP contribution in [-0.4, -0.2) is 17.9 Å². The molecule has 104 valence electrons. The van der Waals surface area contributed by atoms with Gasteiger partial charge in [0.15, 0.2) is 0 Å². The van der Waals surface area contributed by atoms with Crippen LogP contribution in [0.3, 0.4) is 0 Å². The van der Waals surface area contributed by atoms with E-state index in [0.717, 1.165) is 31.6 Å². The third kappa shape index (κ3) is 4.12. The second-order valence-electron chi connectivity index (χ2n) is 5.19. The van der Waals surface area contributed by atoms with Crippen LogP contribution in [0.2, 0.25) is 0 Å². The second-order valence-corrected chi connectivity index (χ2v) is 5.19. The smallest absolute Gasteiger partial charge is 0.309 e. The van der Waals surface area contributed by atoms with Gasteiger partial charge < -0.3 is 15.1 Å². The molecule has 1 aromatic rings. The molecule has 0 atom stereocenters. The summed E-state index contributed by atoms with van der Waals surface area (Å²) < 4.78 is 5.08. The first-order valence-electron chi connectivity index (χ1n) is 6.76. The van der Waals surface area contributed by atoms with E-state index in [4.69, 9.17) is 4.42 Å². The van der Waals surface area contributed by atoms with E-state index in [2.05, 4.69) is 17.6 Å². The summed E-state index contributed by atoms with van der Waals surface area (Å²) in [6.45, 7) is 2.45. The third-order valence-corrected chi connectivity index (χ3v) is 3.56. The summed E-state index contributed by atoms with van der Waals surface area (Å²) in [6.07, 6.45) is 5.67. The van der Waals surface area contributed by atoms with Gasteiger partial charge in [0.25, 0.3) is 0 Å². The number of rotatable bonds is 3. The zero-order valence-electron chi connectivity index (χ0n) is 11.1. The average Bonchev–Trinajstić information content (AvgIpc) is 2.91. The molecule has 1 fully saturated rings. The molecule has 0 radical (unpaired) electrons. The van der Waals surface area contributed by atoms with Crippen molar-refractivity contribution in [1.29, 1.82) is 0 Å². The Hall–Kier alpha value is -1.78. The Morgan fingerprint density at radius 3 is 2.63 bits per heavy atom. The van der Waals surface area contributed by atoms with Crippen LogP contribution in [-0.2, 0) is 16.1 Å². The lowest BCUT2D eigenvalue weighted by atomic mass is 9.87. The molecule has 1 saturated carbocycles. The van der Waals surface area contributed by atoms with Gasteiger partial charge >= 0.3 is 11.8 Å². The van der Waals surface area contributed by atoms with Gasteiger partial charge in [-0.2, -0.15) is 0 Å². The topological polar surface area (TPSA) is 71.3 Å². The van der Waals surface area contributed by atoms with E-state index in [1.165, 1.54) is 6.26 Å². The van der Waals surface area contributed by atoms with Crippen LogP contribution in [0.5, 0.6) is 0 Å². The van der Waals surface area contributed by atoms with Gasteiger partial charge in [-0.3, -0.25) is 9.59 Å². The lowest BCUT2D eigenvalue weighted by Crippen LogP contribution is -2.45. The van der Waals surface area contributed by atoms with Gasteiger partial charge in [0.2, 0.25) is 0 Å². The standard InChI is InChI=1S/C14H20N2O3/c1-10-4-6-11(7-5-10)16-14(18)13(17)15-9-12-3-2-8-19-12/h2-3,8,10-11H,4-7,9H2,1H3,(H,15,17)(H,16,18). The Morgan fingerprint density at radius 1 is 1.26 bits per heavy atom. The molecule has 1 aliphatic carbocycles. The van der Waals surface area contributed by atoms with Crippen molar-refractivity contribution >= 4 is 11.8 Å². The van der Waals surface area contributed by atoms with Gasteiger partial charge in [-0.25, -0.2) is 0 Å². The van der Waals surface area contributed by atoms with Gasteiger partial charge in [0.05, 0.1) is 12.8 Å². The number of nitrogens with one attached hydrogen (secondary N) is 2. The number of hydrogen-bond donors (Lipinski definition) is 2. The number of furan rings is 1. The van der Waals surface area contributed by atoms with Gasteiger partial charge in [0.1, 0.15) is 5.76 Å². The summed E-state index contributed by atoms with van der Waals surface area (Å²) in [7, 11) is 0. The fourth-order valence-corrected chi connectivity index (χ4v) is 2.32. The van der Waals surface area contributed by atoms with Crippen LogP contribution < -0.4 is 10.6 Å². The lowest BCUT2D eigenvalue weighted by Gasteiger charge is -2.26. The molecule has 2 N–H and O–H groups in total. The first kappa shape index (κ1) is 13.6. The highest BCUT2D eigenvalue weighted by Crippen LogP contribution is 2.23. The number of carbonyl (C=O) groups excluding carboxylic acids is 2. The highest BCUT2D eigenvalue weighted by atomic mass is 16.3. The van der Waals surface area contributed by atoms with Crippen LogP contribution in [0, 0.1) is 5.92 Å².